The molecular weight excluding hydrogens is 697 g/mol. The van der Waals surface area contributed by atoms with Crippen LogP contribution in [0.15, 0.2) is 78.9 Å². The van der Waals surface area contributed by atoms with E-state index >= 15 is 0 Å². The summed E-state index contributed by atoms with van der Waals surface area (Å²) in [5.74, 6) is 1.56. The van der Waals surface area contributed by atoms with Gasteiger partial charge in [-0.1, -0.05) is 64.4 Å². The summed E-state index contributed by atoms with van der Waals surface area (Å²) >= 11 is 0. The summed E-state index contributed by atoms with van der Waals surface area (Å²) in [5.41, 5.74) is 4.30. The Morgan fingerprint density at radius 1 is 0.810 bits per heavy atom. The Kier molecular flexibility index (Phi) is 10.9. The third-order valence-electron chi connectivity index (χ3n) is 10.8. The molecule has 5 heteroatoms. The maximum absolute atomic E-state index is 11.1. The molecule has 2 fully saturated rings. The monoisotopic (exact) mass is 744 g/mol. The summed E-state index contributed by atoms with van der Waals surface area (Å²) < 4.78 is 2.18. The molecule has 1 heterocycles. The van der Waals surface area contributed by atoms with Gasteiger partial charge in [-0.25, -0.2) is 0 Å². The third kappa shape index (κ3) is 5.91. The summed E-state index contributed by atoms with van der Waals surface area (Å²) in [6, 6.07) is 29.7. The molecule has 4 aromatic rings. The fraction of sp³-hybridized carbons (Fsp3) is 0.486. The molecule has 2 aliphatic carbocycles. The van der Waals surface area contributed by atoms with E-state index in [0.717, 1.165) is 66.6 Å². The average Bonchev–Trinajstić information content (AvgIpc) is 3.51. The Hall–Kier alpha value is -2.30. The zero-order valence-electron chi connectivity index (χ0n) is 25.6. The zero-order valence-corrected chi connectivity index (χ0v) is 28.0. The zero-order chi connectivity index (χ0) is 29.0. The molecule has 0 aliphatic heterocycles. The Labute approximate surface area is 265 Å². The fourth-order valence-electron chi connectivity index (χ4n) is 8.00. The van der Waals surface area contributed by atoms with E-state index in [4.69, 9.17) is 4.98 Å². The number of hydrogen-bond donors (Lipinski definition) is 2. The van der Waals surface area contributed by atoms with Crippen LogP contribution < -0.4 is 0 Å². The second kappa shape index (κ2) is 14.0. The molecule has 1 radical (unpaired) electrons. The van der Waals surface area contributed by atoms with E-state index in [0.29, 0.717) is 5.92 Å². The maximum atomic E-state index is 11.1. The summed E-state index contributed by atoms with van der Waals surface area (Å²) in [6.07, 6.45) is 8.17. The van der Waals surface area contributed by atoms with Gasteiger partial charge >= 0.3 is 0 Å². The number of nitrogens with zero attached hydrogens (tertiary/aromatic N) is 2. The van der Waals surface area contributed by atoms with Crippen LogP contribution in [0, 0.1) is 28.7 Å². The van der Waals surface area contributed by atoms with E-state index in [1.54, 1.807) is 0 Å². The van der Waals surface area contributed by atoms with Crippen molar-refractivity contribution in [3.63, 3.8) is 0 Å². The third-order valence-corrected chi connectivity index (χ3v) is 10.8. The van der Waals surface area contributed by atoms with Crippen molar-refractivity contribution < 1.29 is 30.3 Å². The van der Waals surface area contributed by atoms with Crippen LogP contribution in [-0.4, -0.2) is 32.0 Å². The number of imidazole rings is 1. The van der Waals surface area contributed by atoms with E-state index in [1.165, 1.54) is 12.8 Å². The van der Waals surface area contributed by atoms with E-state index in [9.17, 15) is 10.2 Å². The molecule has 3 aromatic carbocycles. The van der Waals surface area contributed by atoms with E-state index in [-0.39, 0.29) is 49.1 Å². The van der Waals surface area contributed by atoms with Crippen LogP contribution in [0.3, 0.4) is 0 Å². The summed E-state index contributed by atoms with van der Waals surface area (Å²) in [5, 5.41) is 22.1. The minimum Gasteiger partial charge on any atom is -0.392 e. The van der Waals surface area contributed by atoms with Crippen molar-refractivity contribution in [3.05, 3.63) is 84.9 Å². The minimum absolute atomic E-state index is 0. The summed E-state index contributed by atoms with van der Waals surface area (Å²) in [6.45, 7) is 8.83. The first-order valence-corrected chi connectivity index (χ1v) is 15.8. The first-order chi connectivity index (χ1) is 19.9. The molecular formula is C37H47IrN2O2-. The van der Waals surface area contributed by atoms with Crippen molar-refractivity contribution in [3.8, 4) is 17.1 Å². The molecule has 1 aromatic heterocycles. The minimum atomic E-state index is -0.319. The van der Waals surface area contributed by atoms with Gasteiger partial charge in [-0.3, -0.25) is 4.98 Å². The van der Waals surface area contributed by atoms with E-state index in [1.807, 2.05) is 60.7 Å². The van der Waals surface area contributed by atoms with Crippen LogP contribution in [0.4, 0.5) is 0 Å². The van der Waals surface area contributed by atoms with Gasteiger partial charge < -0.3 is 14.8 Å². The molecule has 227 valence electrons. The van der Waals surface area contributed by atoms with Crippen molar-refractivity contribution in [2.45, 2.75) is 91.3 Å². The van der Waals surface area contributed by atoms with Crippen molar-refractivity contribution in [2.24, 2.45) is 22.7 Å². The number of para-hydroxylation sites is 3. The molecule has 2 N–H and O–H groups in total. The number of aliphatic hydroxyl groups is 2. The van der Waals surface area contributed by atoms with Gasteiger partial charge in [0, 0.05) is 31.7 Å². The second-order valence-corrected chi connectivity index (χ2v) is 12.3. The number of aliphatic hydroxyl groups excluding tert-OH is 2. The van der Waals surface area contributed by atoms with Crippen molar-refractivity contribution in [2.75, 3.05) is 0 Å². The molecule has 42 heavy (non-hydrogen) atoms. The number of aromatic nitrogens is 2. The normalized spacial score (nSPS) is 24.1. The van der Waals surface area contributed by atoms with Crippen LogP contribution in [0.25, 0.3) is 28.1 Å². The molecule has 0 bridgehead atoms. The van der Waals surface area contributed by atoms with E-state index in [2.05, 4.69) is 56.5 Å². The number of rotatable bonds is 6. The van der Waals surface area contributed by atoms with Gasteiger partial charge in [0.05, 0.1) is 29.1 Å². The van der Waals surface area contributed by atoms with Crippen LogP contribution in [0.1, 0.15) is 79.1 Å². The van der Waals surface area contributed by atoms with Crippen molar-refractivity contribution in [1.82, 2.24) is 9.55 Å². The molecule has 2 aliphatic rings. The molecule has 0 saturated heterocycles. The number of fused-ring (bicyclic) bond motifs is 2. The Balaban J connectivity index is 0.000000189. The Bertz CT molecular complexity index is 1400. The molecule has 0 amide bonds. The molecule has 4 unspecified atom stereocenters. The van der Waals surface area contributed by atoms with Gasteiger partial charge in [-0.15, -0.1) is 35.9 Å². The molecule has 4 atom stereocenters. The molecule has 4 nitrogen and oxygen atoms in total. The first-order valence-electron chi connectivity index (χ1n) is 15.8. The largest absolute Gasteiger partial charge is 0.392 e. The quantitative estimate of drug-likeness (QED) is 0.195. The number of hydrogen-bond acceptors (Lipinski definition) is 3. The van der Waals surface area contributed by atoms with Crippen molar-refractivity contribution in [1.29, 1.82) is 0 Å². The van der Waals surface area contributed by atoms with Crippen LogP contribution in [0.5, 0.6) is 0 Å². The van der Waals surface area contributed by atoms with Gasteiger partial charge in [0.2, 0.25) is 0 Å². The second-order valence-electron chi connectivity index (χ2n) is 12.3. The van der Waals surface area contributed by atoms with Crippen LogP contribution in [-0.2, 0) is 20.1 Å². The maximum Gasteiger partial charge on any atom is 0.0774 e. The first kappa shape index (κ1) is 32.6. The SMILES string of the molecule is CCC1(CC)CCCC2CC(CC)(CC)C(O)C2C1O.[Ir].[c-]1ccccc1-c1nc2ccccc2n1-c1ccccc1. The molecule has 0 spiro atoms. The topological polar surface area (TPSA) is 58.3 Å². The van der Waals surface area contributed by atoms with Crippen LogP contribution in [0.2, 0.25) is 0 Å². The van der Waals surface area contributed by atoms with Gasteiger partial charge in [0.15, 0.2) is 0 Å². The van der Waals surface area contributed by atoms with Crippen molar-refractivity contribution >= 4 is 11.0 Å². The predicted molar refractivity (Wildman–Crippen MR) is 169 cm³/mol. The summed E-state index contributed by atoms with van der Waals surface area (Å²) in [7, 11) is 0. The van der Waals surface area contributed by atoms with Gasteiger partial charge in [0.1, 0.15) is 0 Å². The smallest absolute Gasteiger partial charge is 0.0774 e. The predicted octanol–water partition coefficient (Wildman–Crippen LogP) is 8.63. The molecule has 6 rings (SSSR count). The Morgan fingerprint density at radius 2 is 1.43 bits per heavy atom. The van der Waals surface area contributed by atoms with Gasteiger partial charge in [-0.2, -0.15) is 0 Å². The standard InChI is InChI=1S/C19H13N2.C18H34O2.Ir/c1-3-9-15(10-4-1)19-20-17-13-7-8-14-18(17)21(19)16-11-5-2-6-12-16;1-5-17(6-2)11-9-10-13-12-18(7-3,8-4)16(20)14(13)15(17)19;/h1-9,11-14H;13-16,19-20H,5-12H2,1-4H3;/q-1;;. The number of benzene rings is 3. The van der Waals surface area contributed by atoms with E-state index < -0.39 is 0 Å². The summed E-state index contributed by atoms with van der Waals surface area (Å²) in [4.78, 5) is 4.79. The van der Waals surface area contributed by atoms with Crippen LogP contribution >= 0.6 is 0 Å². The Morgan fingerprint density at radius 3 is 2.07 bits per heavy atom. The average molecular weight is 744 g/mol. The fourth-order valence-corrected chi connectivity index (χ4v) is 8.00. The van der Waals surface area contributed by atoms with Gasteiger partial charge in [-0.05, 0) is 86.0 Å². The van der Waals surface area contributed by atoms with Gasteiger partial charge in [0.25, 0.3) is 0 Å². The molecule has 2 saturated carbocycles.